The second-order valence-electron chi connectivity index (χ2n) is 5.97. The fraction of sp³-hybridized carbons (Fsp3) is 0.312. The van der Waals surface area contributed by atoms with Crippen LogP contribution in [-0.4, -0.2) is 23.0 Å². The molecule has 1 aliphatic heterocycles. The van der Waals surface area contributed by atoms with Gasteiger partial charge in [-0.05, 0) is 30.2 Å². The molecule has 0 N–H and O–H groups in total. The van der Waals surface area contributed by atoms with Gasteiger partial charge in [0.25, 0.3) is 0 Å². The molecule has 0 saturated carbocycles. The highest BCUT2D eigenvalue weighted by molar-refractivity contribution is 7.61. The van der Waals surface area contributed by atoms with Crippen molar-refractivity contribution in [2.45, 2.75) is 12.6 Å². The Kier molecular flexibility index (Phi) is 6.40. The Morgan fingerprint density at radius 1 is 1.28 bits per heavy atom. The molecule has 1 fully saturated rings. The predicted molar refractivity (Wildman–Crippen MR) is 102 cm³/mol. The van der Waals surface area contributed by atoms with Gasteiger partial charge in [0.05, 0.1) is 23.3 Å². The quantitative estimate of drug-likeness (QED) is 0.352. The summed E-state index contributed by atoms with van der Waals surface area (Å²) in [6.45, 7) is 0.348. The average Bonchev–Trinajstić information content (AvgIpc) is 2.92. The molecule has 5 nitrogen and oxygen atoms in total. The first-order chi connectivity index (χ1) is 13.4. The smallest absolute Gasteiger partial charge is 0.305 e. The summed E-state index contributed by atoms with van der Waals surface area (Å²) in [6, 6.07) is 1.97. The van der Waals surface area contributed by atoms with Crippen LogP contribution in [-0.2, 0) is 26.8 Å². The molecular formula is C16H12Cl3F4N2O3P. The van der Waals surface area contributed by atoms with Crippen LogP contribution in [0.3, 0.4) is 0 Å². The van der Waals surface area contributed by atoms with Crippen LogP contribution in [0.5, 0.6) is 0 Å². The largest absolute Gasteiger partial charge is 0.434 e. The van der Waals surface area contributed by atoms with E-state index >= 15 is 0 Å². The van der Waals surface area contributed by atoms with Crippen LogP contribution in [0.15, 0.2) is 16.9 Å². The van der Waals surface area contributed by atoms with Gasteiger partial charge in [-0.2, -0.15) is 18.3 Å². The van der Waals surface area contributed by atoms with Gasteiger partial charge in [-0.1, -0.05) is 34.8 Å². The molecule has 1 saturated heterocycles. The Hall–Kier alpha value is -1.09. The minimum Gasteiger partial charge on any atom is -0.305 e. The molecule has 0 bridgehead atoms. The molecule has 1 aliphatic rings. The van der Waals surface area contributed by atoms with Crippen molar-refractivity contribution in [1.82, 2.24) is 9.78 Å². The molecule has 0 spiro atoms. The summed E-state index contributed by atoms with van der Waals surface area (Å²) in [7, 11) is -2.71. The molecule has 0 radical (unpaired) electrons. The second kappa shape index (κ2) is 8.21. The standard InChI is InChI=1S/C16H12Cl3F4N2O3P/c1-25-15(16(21,22)23)13(19)14(24-25)9-5-8(10(17)7-11(9)20)6-12(18)29(26)27-3-2-4-28-29/h5-7H,2-4H2,1H3. The molecule has 1 aromatic carbocycles. The first-order valence-corrected chi connectivity index (χ1v) is 10.7. The summed E-state index contributed by atoms with van der Waals surface area (Å²) < 4.78 is 76.9. The maximum atomic E-state index is 14.5. The predicted octanol–water partition coefficient (Wildman–Crippen LogP) is 6.72. The molecule has 13 heteroatoms. The number of aromatic nitrogens is 2. The van der Waals surface area contributed by atoms with E-state index in [1.807, 2.05) is 0 Å². The maximum absolute atomic E-state index is 14.5. The highest BCUT2D eigenvalue weighted by Crippen LogP contribution is 2.60. The van der Waals surface area contributed by atoms with Crippen LogP contribution in [0.2, 0.25) is 10.0 Å². The lowest BCUT2D eigenvalue weighted by Gasteiger charge is -2.22. The average molecular weight is 494 g/mol. The maximum Gasteiger partial charge on any atom is 0.434 e. The number of hydrogen-bond donors (Lipinski definition) is 0. The number of nitrogens with zero attached hydrogens (tertiary/aromatic N) is 2. The van der Waals surface area contributed by atoms with E-state index in [4.69, 9.17) is 43.9 Å². The molecular weight excluding hydrogens is 482 g/mol. The molecule has 0 aliphatic carbocycles. The molecule has 2 heterocycles. The van der Waals surface area contributed by atoms with Gasteiger partial charge in [0.1, 0.15) is 16.3 Å². The Bertz CT molecular complexity index is 1030. The minimum atomic E-state index is -4.79. The fourth-order valence-electron chi connectivity index (χ4n) is 2.63. The van der Waals surface area contributed by atoms with Gasteiger partial charge in [0.2, 0.25) is 0 Å². The van der Waals surface area contributed by atoms with E-state index in [9.17, 15) is 22.1 Å². The van der Waals surface area contributed by atoms with E-state index in [-0.39, 0.29) is 34.1 Å². The lowest BCUT2D eigenvalue weighted by Crippen LogP contribution is -2.12. The zero-order valence-corrected chi connectivity index (χ0v) is 17.7. The molecule has 29 heavy (non-hydrogen) atoms. The van der Waals surface area contributed by atoms with Crippen molar-refractivity contribution >= 4 is 48.5 Å². The molecule has 158 valence electrons. The van der Waals surface area contributed by atoms with Crippen molar-refractivity contribution in [3.63, 3.8) is 0 Å². The number of rotatable bonds is 3. The topological polar surface area (TPSA) is 53.4 Å². The summed E-state index contributed by atoms with van der Waals surface area (Å²) in [5.74, 6) is -0.950. The van der Waals surface area contributed by atoms with Crippen molar-refractivity contribution in [1.29, 1.82) is 0 Å². The number of benzene rings is 1. The van der Waals surface area contributed by atoms with Crippen LogP contribution in [0.4, 0.5) is 17.6 Å². The summed E-state index contributed by atoms with van der Waals surface area (Å²) >= 11 is 17.9. The third kappa shape index (κ3) is 4.50. The third-order valence-electron chi connectivity index (χ3n) is 3.95. The van der Waals surface area contributed by atoms with E-state index in [2.05, 4.69) is 5.10 Å². The molecule has 0 amide bonds. The SMILES string of the molecule is Cn1nc(-c2cc(C=C(Cl)P3(=O)OCCCO3)c(Cl)cc2F)c(Cl)c1C(F)(F)F. The number of hydrogen-bond acceptors (Lipinski definition) is 4. The highest BCUT2D eigenvalue weighted by atomic mass is 35.5. The van der Waals surface area contributed by atoms with Gasteiger partial charge in [-0.25, -0.2) is 4.39 Å². The first-order valence-electron chi connectivity index (χ1n) is 8.00. The van der Waals surface area contributed by atoms with Crippen molar-refractivity contribution in [3.8, 4) is 11.3 Å². The fourth-order valence-corrected chi connectivity index (χ4v) is 4.97. The Labute approximate surface area is 177 Å². The molecule has 2 aromatic rings. The van der Waals surface area contributed by atoms with Gasteiger partial charge in [0, 0.05) is 12.6 Å². The minimum absolute atomic E-state index is 0.0661. The Morgan fingerprint density at radius 3 is 2.45 bits per heavy atom. The van der Waals surface area contributed by atoms with E-state index in [0.717, 1.165) is 25.3 Å². The molecule has 0 unspecified atom stereocenters. The van der Waals surface area contributed by atoms with Crippen LogP contribution < -0.4 is 0 Å². The number of aryl methyl sites for hydroxylation is 1. The summed E-state index contributed by atoms with van der Waals surface area (Å²) in [5.41, 5.74) is -1.94. The zero-order valence-electron chi connectivity index (χ0n) is 14.6. The van der Waals surface area contributed by atoms with Gasteiger partial charge in [-0.15, -0.1) is 0 Å². The van der Waals surface area contributed by atoms with Gasteiger partial charge in [0.15, 0.2) is 5.69 Å². The first kappa shape index (κ1) is 22.6. The van der Waals surface area contributed by atoms with Crippen LogP contribution in [0.1, 0.15) is 17.7 Å². The van der Waals surface area contributed by atoms with E-state index in [1.165, 1.54) is 0 Å². The number of alkyl halides is 3. The third-order valence-corrected chi connectivity index (χ3v) is 7.06. The highest BCUT2D eigenvalue weighted by Gasteiger charge is 2.39. The van der Waals surface area contributed by atoms with Crippen LogP contribution >= 0.6 is 42.4 Å². The Balaban J connectivity index is 2.10. The summed E-state index contributed by atoms with van der Waals surface area (Å²) in [4.78, 5) is 0. The zero-order chi connectivity index (χ0) is 21.6. The van der Waals surface area contributed by atoms with Gasteiger partial charge < -0.3 is 9.05 Å². The lowest BCUT2D eigenvalue weighted by molar-refractivity contribution is -0.143. The Morgan fingerprint density at radius 2 is 1.90 bits per heavy atom. The van der Waals surface area contributed by atoms with Crippen LogP contribution in [0, 0.1) is 5.82 Å². The van der Waals surface area contributed by atoms with Gasteiger partial charge >= 0.3 is 13.8 Å². The van der Waals surface area contributed by atoms with E-state index in [0.29, 0.717) is 11.1 Å². The van der Waals surface area contributed by atoms with Crippen molar-refractivity contribution in [2.75, 3.05) is 13.2 Å². The summed E-state index contributed by atoms with van der Waals surface area (Å²) in [5, 5.41) is 2.79. The lowest BCUT2D eigenvalue weighted by atomic mass is 10.1. The summed E-state index contributed by atoms with van der Waals surface area (Å²) in [6.07, 6.45) is -3.11. The second-order valence-corrected chi connectivity index (χ2v) is 9.42. The molecule has 1 aromatic heterocycles. The molecule has 0 atom stereocenters. The van der Waals surface area contributed by atoms with E-state index in [1.54, 1.807) is 0 Å². The van der Waals surface area contributed by atoms with Crippen LogP contribution in [0.25, 0.3) is 17.3 Å². The number of halogens is 7. The van der Waals surface area contributed by atoms with Crippen molar-refractivity contribution in [3.05, 3.63) is 44.0 Å². The van der Waals surface area contributed by atoms with Gasteiger partial charge in [-0.3, -0.25) is 9.25 Å². The normalized spacial score (nSPS) is 17.6. The van der Waals surface area contributed by atoms with Crippen molar-refractivity contribution in [2.24, 2.45) is 7.05 Å². The molecule has 3 rings (SSSR count). The van der Waals surface area contributed by atoms with Crippen molar-refractivity contribution < 1.29 is 31.2 Å². The monoisotopic (exact) mass is 492 g/mol. The van der Waals surface area contributed by atoms with E-state index < -0.39 is 36.0 Å².